The summed E-state index contributed by atoms with van der Waals surface area (Å²) in [6, 6.07) is 4.90. The second kappa shape index (κ2) is 9.11. The van der Waals surface area contributed by atoms with Crippen molar-refractivity contribution in [3.8, 4) is 0 Å². The third-order valence-electron chi connectivity index (χ3n) is 6.19. The second-order valence-corrected chi connectivity index (χ2v) is 11.3. The van der Waals surface area contributed by atoms with Gasteiger partial charge in [-0.25, -0.2) is 0 Å². The lowest BCUT2D eigenvalue weighted by molar-refractivity contribution is -0.149. The van der Waals surface area contributed by atoms with Crippen LogP contribution in [0.15, 0.2) is 22.7 Å². The van der Waals surface area contributed by atoms with Crippen molar-refractivity contribution >= 4 is 88.8 Å². The third kappa shape index (κ3) is 4.32. The first-order valence-electron chi connectivity index (χ1n) is 9.73. The molecule has 6 atom stereocenters. The number of hydrogen-bond acceptors (Lipinski definition) is 5. The Morgan fingerprint density at radius 3 is 2.32 bits per heavy atom. The summed E-state index contributed by atoms with van der Waals surface area (Å²) in [5.74, 6) is -1.94. The lowest BCUT2D eigenvalue weighted by Gasteiger charge is -2.28. The Labute approximate surface area is 208 Å². The van der Waals surface area contributed by atoms with Crippen LogP contribution in [0.25, 0.3) is 0 Å². The minimum absolute atomic E-state index is 0.0349. The van der Waals surface area contributed by atoms with E-state index in [-0.39, 0.29) is 58.1 Å². The molecule has 3 amide bonds. The monoisotopic (exact) mass is 638 g/mol. The van der Waals surface area contributed by atoms with E-state index in [1.165, 1.54) is 4.90 Å². The van der Waals surface area contributed by atoms with Crippen LogP contribution in [0, 0.1) is 23.7 Å². The van der Waals surface area contributed by atoms with Crippen molar-refractivity contribution in [2.75, 3.05) is 18.5 Å². The number of esters is 1. The maximum Gasteiger partial charge on any atom is 0.308 e. The molecule has 3 fully saturated rings. The molecule has 166 valence electrons. The van der Waals surface area contributed by atoms with Crippen LogP contribution in [0.4, 0.5) is 5.69 Å². The van der Waals surface area contributed by atoms with E-state index in [2.05, 4.69) is 53.1 Å². The van der Waals surface area contributed by atoms with E-state index in [9.17, 15) is 19.2 Å². The highest BCUT2D eigenvalue weighted by Gasteiger charge is 2.66. The fourth-order valence-corrected chi connectivity index (χ4v) is 7.12. The smallest absolute Gasteiger partial charge is 0.308 e. The standard InChI is InChI=1S/C20H18Br3ClN2O5/c21-11-2-1-8(5-12(11)24)25-13(27)7-31-14(28)3-4-26-19(29)15-9-6-10(16(15)20(26)30)18(23)17(9)22/h1-2,5,9-10,15-18H,3-4,6-7H2,(H,25,27)/t9-,10-,15-,16-,17+,18+/m1/s1. The second-order valence-electron chi connectivity index (χ2n) is 7.92. The Hall–Kier alpha value is -0.970. The van der Waals surface area contributed by atoms with E-state index in [0.717, 1.165) is 6.42 Å². The summed E-state index contributed by atoms with van der Waals surface area (Å²) in [5.41, 5.74) is 0.471. The number of hydrogen-bond donors (Lipinski definition) is 1. The molecule has 1 saturated heterocycles. The summed E-state index contributed by atoms with van der Waals surface area (Å²) in [7, 11) is 0. The zero-order chi connectivity index (χ0) is 22.4. The first kappa shape index (κ1) is 23.2. The van der Waals surface area contributed by atoms with Gasteiger partial charge in [-0.3, -0.25) is 24.1 Å². The molecule has 3 aliphatic rings. The molecule has 0 unspecified atom stereocenters. The van der Waals surface area contributed by atoms with Gasteiger partial charge in [-0.05, 0) is 52.4 Å². The maximum atomic E-state index is 12.8. The molecule has 1 aromatic carbocycles. The Kier molecular flexibility index (Phi) is 6.82. The lowest BCUT2D eigenvalue weighted by Crippen LogP contribution is -2.37. The van der Waals surface area contributed by atoms with E-state index in [0.29, 0.717) is 15.2 Å². The average Bonchev–Trinajstić information content (AvgIpc) is 3.33. The molecular formula is C20H18Br3ClN2O5. The highest BCUT2D eigenvalue weighted by Crippen LogP contribution is 2.60. The van der Waals surface area contributed by atoms with E-state index < -0.39 is 18.5 Å². The molecule has 2 bridgehead atoms. The molecule has 1 aliphatic heterocycles. The predicted octanol–water partition coefficient (Wildman–Crippen LogP) is 3.75. The van der Waals surface area contributed by atoms with Crippen molar-refractivity contribution < 1.29 is 23.9 Å². The van der Waals surface area contributed by atoms with Crippen LogP contribution in [0.2, 0.25) is 5.02 Å². The van der Waals surface area contributed by atoms with Gasteiger partial charge in [0.2, 0.25) is 11.8 Å². The van der Waals surface area contributed by atoms with Crippen LogP contribution in [-0.2, 0) is 23.9 Å². The zero-order valence-corrected chi connectivity index (χ0v) is 21.5. The normalized spacial score (nSPS) is 31.2. The molecule has 11 heteroatoms. The minimum Gasteiger partial charge on any atom is -0.456 e. The first-order valence-corrected chi connectivity index (χ1v) is 12.7. The van der Waals surface area contributed by atoms with Crippen LogP contribution in [0.3, 0.4) is 0 Å². The number of amides is 3. The Morgan fingerprint density at radius 2 is 1.74 bits per heavy atom. The van der Waals surface area contributed by atoms with E-state index in [1.54, 1.807) is 18.2 Å². The van der Waals surface area contributed by atoms with Gasteiger partial charge in [0, 0.05) is 26.4 Å². The molecule has 31 heavy (non-hydrogen) atoms. The van der Waals surface area contributed by atoms with E-state index >= 15 is 0 Å². The lowest BCUT2D eigenvalue weighted by atomic mass is 9.81. The van der Waals surface area contributed by atoms with Gasteiger partial charge >= 0.3 is 5.97 Å². The number of anilines is 1. The van der Waals surface area contributed by atoms with E-state index in [1.807, 2.05) is 0 Å². The van der Waals surface area contributed by atoms with Gasteiger partial charge in [-0.15, -0.1) is 0 Å². The number of carbonyl (C=O) groups excluding carboxylic acids is 4. The van der Waals surface area contributed by atoms with Crippen LogP contribution in [0.5, 0.6) is 0 Å². The number of halogens is 4. The first-order chi connectivity index (χ1) is 14.7. The largest absolute Gasteiger partial charge is 0.456 e. The van der Waals surface area contributed by atoms with Crippen LogP contribution >= 0.6 is 59.4 Å². The Balaban J connectivity index is 1.26. The number of nitrogens with one attached hydrogen (secondary N) is 1. The number of ether oxygens (including phenoxy) is 1. The molecule has 0 aromatic heterocycles. The number of fused-ring (bicyclic) bond motifs is 5. The number of carbonyl (C=O) groups is 4. The molecule has 7 nitrogen and oxygen atoms in total. The van der Waals surface area contributed by atoms with Gasteiger partial charge in [-0.2, -0.15) is 0 Å². The highest BCUT2D eigenvalue weighted by molar-refractivity contribution is 9.12. The van der Waals surface area contributed by atoms with Crippen LogP contribution < -0.4 is 5.32 Å². The summed E-state index contributed by atoms with van der Waals surface area (Å²) in [6.45, 7) is -0.507. The molecule has 1 heterocycles. The molecule has 4 rings (SSSR count). The van der Waals surface area contributed by atoms with Crippen LogP contribution in [-0.4, -0.2) is 51.4 Å². The number of benzene rings is 1. The van der Waals surface area contributed by atoms with Crippen molar-refractivity contribution in [2.24, 2.45) is 23.7 Å². The highest BCUT2D eigenvalue weighted by atomic mass is 79.9. The molecule has 0 radical (unpaired) electrons. The fraction of sp³-hybridized carbons (Fsp3) is 0.500. The SMILES string of the molecule is O=C(COC(=O)CCN1C(=O)[C@@H]2[C@H]3C[C@@H]([C@H](Br)[C@H]3Br)[C@H]2C1=O)Nc1ccc(Br)c(Cl)c1. The predicted molar refractivity (Wildman–Crippen MR) is 124 cm³/mol. The maximum absolute atomic E-state index is 12.8. The Bertz CT molecular complexity index is 929. The zero-order valence-electron chi connectivity index (χ0n) is 16.0. The van der Waals surface area contributed by atoms with Gasteiger partial charge < -0.3 is 10.1 Å². The molecule has 2 saturated carbocycles. The number of alkyl halides is 2. The summed E-state index contributed by atoms with van der Waals surface area (Å²) < 4.78 is 5.68. The van der Waals surface area contributed by atoms with Crippen molar-refractivity contribution in [3.63, 3.8) is 0 Å². The Morgan fingerprint density at radius 1 is 1.13 bits per heavy atom. The molecule has 1 N–H and O–H groups in total. The minimum atomic E-state index is -0.652. The molecule has 1 aromatic rings. The number of likely N-dealkylation sites (tertiary alicyclic amines) is 1. The molecule has 0 spiro atoms. The molecular weight excluding hydrogens is 623 g/mol. The van der Waals surface area contributed by atoms with Crippen LogP contribution in [0.1, 0.15) is 12.8 Å². The van der Waals surface area contributed by atoms with Gasteiger partial charge in [0.1, 0.15) is 0 Å². The topological polar surface area (TPSA) is 92.8 Å². The summed E-state index contributed by atoms with van der Waals surface area (Å²) in [4.78, 5) is 51.2. The van der Waals surface area contributed by atoms with Crippen molar-refractivity contribution in [1.29, 1.82) is 0 Å². The van der Waals surface area contributed by atoms with Gasteiger partial charge in [0.05, 0.1) is 23.3 Å². The molecule has 2 aliphatic carbocycles. The summed E-state index contributed by atoms with van der Waals surface area (Å²) >= 11 is 16.5. The average molecular weight is 642 g/mol. The van der Waals surface area contributed by atoms with Gasteiger partial charge in [-0.1, -0.05) is 43.5 Å². The van der Waals surface area contributed by atoms with Gasteiger partial charge in [0.15, 0.2) is 6.61 Å². The van der Waals surface area contributed by atoms with Crippen molar-refractivity contribution in [2.45, 2.75) is 22.5 Å². The summed E-state index contributed by atoms with van der Waals surface area (Å²) in [5, 5.41) is 3.01. The number of imide groups is 1. The quantitative estimate of drug-likeness (QED) is 0.291. The number of nitrogens with zero attached hydrogens (tertiary/aromatic N) is 1. The summed E-state index contributed by atoms with van der Waals surface area (Å²) in [6.07, 6.45) is 0.701. The van der Waals surface area contributed by atoms with Gasteiger partial charge in [0.25, 0.3) is 5.91 Å². The fourth-order valence-electron chi connectivity index (χ4n) is 4.82. The third-order valence-corrected chi connectivity index (χ3v) is 10.6. The van der Waals surface area contributed by atoms with Crippen molar-refractivity contribution in [1.82, 2.24) is 4.90 Å². The van der Waals surface area contributed by atoms with E-state index in [4.69, 9.17) is 16.3 Å². The number of rotatable bonds is 6. The van der Waals surface area contributed by atoms with Crippen molar-refractivity contribution in [3.05, 3.63) is 27.7 Å².